The Bertz CT molecular complexity index is 1300. The number of ether oxygens (including phenoxy) is 1. The van der Waals surface area contributed by atoms with Crippen molar-refractivity contribution in [1.82, 2.24) is 24.6 Å². The Labute approximate surface area is 193 Å². The summed E-state index contributed by atoms with van der Waals surface area (Å²) in [6.45, 7) is 3.06. The molecule has 0 saturated heterocycles. The van der Waals surface area contributed by atoms with Gasteiger partial charge in [0.05, 0.1) is 19.3 Å². The Kier molecular flexibility index (Phi) is 6.65. The van der Waals surface area contributed by atoms with Crippen LogP contribution in [0.15, 0.2) is 70.3 Å². The third-order valence-corrected chi connectivity index (χ3v) is 5.42. The first-order valence-corrected chi connectivity index (χ1v) is 10.9. The number of nitrogens with one attached hydrogen (secondary N) is 1. The van der Waals surface area contributed by atoms with Gasteiger partial charge in [0, 0.05) is 11.0 Å². The van der Waals surface area contributed by atoms with Crippen molar-refractivity contribution in [3.05, 3.63) is 87.0 Å². The van der Waals surface area contributed by atoms with Crippen LogP contribution in [-0.2, 0) is 17.9 Å². The number of hydrogen-bond donors (Lipinski definition) is 1. The van der Waals surface area contributed by atoms with Gasteiger partial charge in [-0.15, -0.1) is 0 Å². The fourth-order valence-corrected chi connectivity index (χ4v) is 3.53. The molecule has 0 fully saturated rings. The molecule has 4 aromatic rings. The quantitative estimate of drug-likeness (QED) is 0.405. The summed E-state index contributed by atoms with van der Waals surface area (Å²) >= 11 is 3.41. The molecule has 0 atom stereocenters. The summed E-state index contributed by atoms with van der Waals surface area (Å²) in [4.78, 5) is 29.3. The van der Waals surface area contributed by atoms with Crippen molar-refractivity contribution in [2.75, 3.05) is 13.2 Å². The maximum Gasteiger partial charge on any atom is 0.264 e. The highest BCUT2D eigenvalue weighted by atomic mass is 79.9. The monoisotopic (exact) mass is 495 g/mol. The fraction of sp³-hybridized carbons (Fsp3) is 0.217. The van der Waals surface area contributed by atoms with Crippen molar-refractivity contribution < 1.29 is 9.53 Å². The van der Waals surface area contributed by atoms with Crippen molar-refractivity contribution >= 4 is 32.9 Å². The van der Waals surface area contributed by atoms with E-state index in [1.165, 1.54) is 12.5 Å². The van der Waals surface area contributed by atoms with E-state index in [1.807, 2.05) is 55.5 Å². The normalized spacial score (nSPS) is 10.9. The lowest BCUT2D eigenvalue weighted by Crippen LogP contribution is -2.31. The molecule has 164 valence electrons. The molecule has 0 radical (unpaired) electrons. The summed E-state index contributed by atoms with van der Waals surface area (Å²) in [6, 6.07) is 15.3. The van der Waals surface area contributed by atoms with E-state index < -0.39 is 0 Å². The number of rotatable bonds is 8. The van der Waals surface area contributed by atoms with Crippen LogP contribution in [0.4, 0.5) is 0 Å². The number of aryl methyl sites for hydroxylation is 1. The molecule has 1 amide bonds. The molecule has 2 heterocycles. The lowest BCUT2D eigenvalue weighted by Gasteiger charge is -2.09. The van der Waals surface area contributed by atoms with Crippen LogP contribution in [-0.4, -0.2) is 38.4 Å². The predicted octanol–water partition coefficient (Wildman–Crippen LogP) is 2.91. The number of hydrogen-bond acceptors (Lipinski definition) is 5. The van der Waals surface area contributed by atoms with E-state index in [9.17, 15) is 9.59 Å². The van der Waals surface area contributed by atoms with Crippen molar-refractivity contribution in [2.45, 2.75) is 20.0 Å². The minimum absolute atomic E-state index is 0.0671. The van der Waals surface area contributed by atoms with E-state index in [1.54, 1.807) is 9.25 Å². The lowest BCUT2D eigenvalue weighted by molar-refractivity contribution is -0.123. The Hall–Kier alpha value is -3.46. The van der Waals surface area contributed by atoms with Gasteiger partial charge >= 0.3 is 0 Å². The number of aromatic nitrogens is 4. The molecule has 0 aliphatic rings. The van der Waals surface area contributed by atoms with Crippen molar-refractivity contribution in [3.8, 4) is 5.75 Å². The number of nitrogens with zero attached hydrogens (tertiary/aromatic N) is 4. The number of carbonyl (C=O) groups excluding carboxylic acids is 1. The van der Waals surface area contributed by atoms with Gasteiger partial charge in [-0.05, 0) is 42.3 Å². The fourth-order valence-electron chi connectivity index (χ4n) is 3.27. The van der Waals surface area contributed by atoms with E-state index in [2.05, 4.69) is 31.3 Å². The van der Waals surface area contributed by atoms with E-state index in [0.717, 1.165) is 15.6 Å². The zero-order valence-corrected chi connectivity index (χ0v) is 19.1. The van der Waals surface area contributed by atoms with Crippen LogP contribution < -0.4 is 15.6 Å². The van der Waals surface area contributed by atoms with E-state index in [0.29, 0.717) is 36.4 Å². The highest BCUT2D eigenvalue weighted by Crippen LogP contribution is 2.13. The van der Waals surface area contributed by atoms with Gasteiger partial charge in [-0.2, -0.15) is 5.10 Å². The van der Waals surface area contributed by atoms with E-state index in [-0.39, 0.29) is 18.1 Å². The van der Waals surface area contributed by atoms with Crippen LogP contribution in [0.2, 0.25) is 0 Å². The Morgan fingerprint density at radius 1 is 1.19 bits per heavy atom. The van der Waals surface area contributed by atoms with Gasteiger partial charge in [0.15, 0.2) is 12.3 Å². The highest BCUT2D eigenvalue weighted by molar-refractivity contribution is 9.10. The van der Waals surface area contributed by atoms with Crippen LogP contribution in [0.25, 0.3) is 11.0 Å². The zero-order valence-electron chi connectivity index (χ0n) is 17.5. The molecule has 0 unspecified atom stereocenters. The SMILES string of the molecule is Cc1cccc(OCC(=O)NCCn2ncc3c(=O)n(Cc4ccc(Br)cc4)cnc32)c1. The summed E-state index contributed by atoms with van der Waals surface area (Å²) in [5.74, 6) is 0.426. The van der Waals surface area contributed by atoms with E-state index >= 15 is 0 Å². The molecule has 9 heteroatoms. The van der Waals surface area contributed by atoms with Gasteiger partial charge in [-0.25, -0.2) is 9.67 Å². The second-order valence-corrected chi connectivity index (χ2v) is 8.28. The van der Waals surface area contributed by atoms with Gasteiger partial charge in [0.2, 0.25) is 0 Å². The van der Waals surface area contributed by atoms with Crippen LogP contribution >= 0.6 is 15.9 Å². The topological polar surface area (TPSA) is 91.0 Å². The van der Waals surface area contributed by atoms with Crippen LogP contribution in [0.5, 0.6) is 5.75 Å². The Morgan fingerprint density at radius 2 is 2.00 bits per heavy atom. The van der Waals surface area contributed by atoms with Gasteiger partial charge in [0.25, 0.3) is 11.5 Å². The van der Waals surface area contributed by atoms with Gasteiger partial charge in [-0.1, -0.05) is 40.2 Å². The first-order chi connectivity index (χ1) is 15.5. The summed E-state index contributed by atoms with van der Waals surface area (Å²) in [5.41, 5.74) is 2.41. The molecule has 0 aliphatic carbocycles. The summed E-state index contributed by atoms with van der Waals surface area (Å²) in [6.07, 6.45) is 3.05. The third-order valence-electron chi connectivity index (χ3n) is 4.89. The number of benzene rings is 2. The summed E-state index contributed by atoms with van der Waals surface area (Å²) in [5, 5.41) is 7.51. The van der Waals surface area contributed by atoms with Crippen molar-refractivity contribution in [3.63, 3.8) is 0 Å². The minimum atomic E-state index is -0.229. The molecule has 0 bridgehead atoms. The second-order valence-electron chi connectivity index (χ2n) is 7.36. The maximum atomic E-state index is 12.8. The molecule has 1 N–H and O–H groups in total. The van der Waals surface area contributed by atoms with Gasteiger partial charge in [-0.3, -0.25) is 14.2 Å². The first kappa shape index (κ1) is 21.8. The number of amides is 1. The molecular formula is C23H22BrN5O3. The summed E-state index contributed by atoms with van der Waals surface area (Å²) in [7, 11) is 0. The molecule has 4 rings (SSSR count). The lowest BCUT2D eigenvalue weighted by atomic mass is 10.2. The first-order valence-electron chi connectivity index (χ1n) is 10.1. The van der Waals surface area contributed by atoms with Gasteiger partial charge in [0.1, 0.15) is 17.5 Å². The zero-order chi connectivity index (χ0) is 22.5. The van der Waals surface area contributed by atoms with E-state index in [4.69, 9.17) is 4.74 Å². The second kappa shape index (κ2) is 9.78. The average molecular weight is 496 g/mol. The standard InChI is InChI=1S/C23H22BrN5O3/c1-16-3-2-4-19(11-16)32-14-21(30)25-9-10-29-22-20(12-27-29)23(31)28(15-26-22)13-17-5-7-18(24)8-6-17/h2-8,11-12,15H,9-10,13-14H2,1H3,(H,25,30). The molecular weight excluding hydrogens is 474 g/mol. The molecule has 32 heavy (non-hydrogen) atoms. The molecule has 2 aromatic heterocycles. The van der Waals surface area contributed by atoms with Crippen LogP contribution in [0.1, 0.15) is 11.1 Å². The Morgan fingerprint density at radius 3 is 2.78 bits per heavy atom. The van der Waals surface area contributed by atoms with Crippen molar-refractivity contribution in [2.24, 2.45) is 0 Å². The predicted molar refractivity (Wildman–Crippen MR) is 125 cm³/mol. The number of fused-ring (bicyclic) bond motifs is 1. The third kappa shape index (κ3) is 5.23. The number of carbonyl (C=O) groups is 1. The largest absolute Gasteiger partial charge is 0.484 e. The average Bonchev–Trinajstić information content (AvgIpc) is 3.19. The molecule has 2 aromatic carbocycles. The minimum Gasteiger partial charge on any atom is -0.484 e. The Balaban J connectivity index is 1.34. The van der Waals surface area contributed by atoms with Crippen LogP contribution in [0, 0.1) is 6.92 Å². The van der Waals surface area contributed by atoms with Gasteiger partial charge < -0.3 is 10.1 Å². The summed E-state index contributed by atoms with van der Waals surface area (Å²) < 4.78 is 9.65. The van der Waals surface area contributed by atoms with Crippen LogP contribution in [0.3, 0.4) is 0 Å². The molecule has 0 spiro atoms. The van der Waals surface area contributed by atoms with Crippen molar-refractivity contribution in [1.29, 1.82) is 0 Å². The highest BCUT2D eigenvalue weighted by Gasteiger charge is 2.11. The molecule has 0 saturated carbocycles. The number of halogens is 1. The molecule has 8 nitrogen and oxygen atoms in total. The smallest absolute Gasteiger partial charge is 0.264 e. The maximum absolute atomic E-state index is 12.8. The molecule has 0 aliphatic heterocycles.